The standard InChI is InChI=1S/C16H13N5/c1-21-14-6-9-18-10-13(14)12-2-3-15(20-16(12)21)19-11-4-7-17-8-5-11/h2-10H,1H3,(H,17,19,20). The summed E-state index contributed by atoms with van der Waals surface area (Å²) in [5, 5.41) is 5.52. The van der Waals surface area contributed by atoms with Gasteiger partial charge in [-0.1, -0.05) is 0 Å². The third-order valence-electron chi connectivity index (χ3n) is 3.60. The van der Waals surface area contributed by atoms with Crippen molar-refractivity contribution >= 4 is 33.4 Å². The molecule has 0 spiro atoms. The number of aromatic nitrogens is 4. The molecular weight excluding hydrogens is 262 g/mol. The first kappa shape index (κ1) is 11.8. The van der Waals surface area contributed by atoms with Crippen molar-refractivity contribution in [3.63, 3.8) is 0 Å². The first-order valence-corrected chi connectivity index (χ1v) is 6.69. The summed E-state index contributed by atoms with van der Waals surface area (Å²) in [6, 6.07) is 9.90. The Morgan fingerprint density at radius 2 is 1.71 bits per heavy atom. The summed E-state index contributed by atoms with van der Waals surface area (Å²) in [6.07, 6.45) is 7.19. The lowest BCUT2D eigenvalue weighted by atomic mass is 10.2. The van der Waals surface area contributed by atoms with Crippen LogP contribution in [0.2, 0.25) is 0 Å². The molecule has 0 amide bonds. The Kier molecular flexibility index (Phi) is 2.57. The van der Waals surface area contributed by atoms with Crippen LogP contribution in [0.3, 0.4) is 0 Å². The fourth-order valence-electron chi connectivity index (χ4n) is 2.57. The second kappa shape index (κ2) is 4.56. The van der Waals surface area contributed by atoms with Gasteiger partial charge in [-0.3, -0.25) is 9.97 Å². The Morgan fingerprint density at radius 1 is 0.905 bits per heavy atom. The molecule has 0 aliphatic carbocycles. The van der Waals surface area contributed by atoms with Crippen LogP contribution in [0, 0.1) is 0 Å². The van der Waals surface area contributed by atoms with Crippen molar-refractivity contribution in [2.75, 3.05) is 5.32 Å². The molecule has 5 heteroatoms. The van der Waals surface area contributed by atoms with Gasteiger partial charge in [0.1, 0.15) is 11.5 Å². The molecule has 0 atom stereocenters. The van der Waals surface area contributed by atoms with Gasteiger partial charge in [-0.15, -0.1) is 0 Å². The molecule has 0 unspecified atom stereocenters. The van der Waals surface area contributed by atoms with Gasteiger partial charge < -0.3 is 9.88 Å². The molecule has 4 heterocycles. The van der Waals surface area contributed by atoms with Crippen LogP contribution >= 0.6 is 0 Å². The van der Waals surface area contributed by atoms with Gasteiger partial charge in [0.05, 0.1) is 5.52 Å². The quantitative estimate of drug-likeness (QED) is 0.610. The van der Waals surface area contributed by atoms with Gasteiger partial charge in [0, 0.05) is 48.3 Å². The minimum atomic E-state index is 0.813. The molecule has 1 N–H and O–H groups in total. The van der Waals surface area contributed by atoms with Crippen LogP contribution in [-0.2, 0) is 7.05 Å². The molecule has 102 valence electrons. The Bertz CT molecular complexity index is 927. The van der Waals surface area contributed by atoms with Crippen molar-refractivity contribution < 1.29 is 0 Å². The van der Waals surface area contributed by atoms with E-state index in [1.54, 1.807) is 18.6 Å². The van der Waals surface area contributed by atoms with Crippen LogP contribution in [0.4, 0.5) is 11.5 Å². The van der Waals surface area contributed by atoms with Crippen molar-refractivity contribution in [3.05, 3.63) is 55.1 Å². The van der Waals surface area contributed by atoms with Gasteiger partial charge >= 0.3 is 0 Å². The Morgan fingerprint density at radius 3 is 2.57 bits per heavy atom. The number of pyridine rings is 3. The van der Waals surface area contributed by atoms with E-state index in [0.29, 0.717) is 0 Å². The molecule has 0 aliphatic rings. The average molecular weight is 275 g/mol. The summed E-state index contributed by atoms with van der Waals surface area (Å²) >= 11 is 0. The summed E-state index contributed by atoms with van der Waals surface area (Å²) in [5.74, 6) is 0.813. The van der Waals surface area contributed by atoms with E-state index in [1.807, 2.05) is 37.5 Å². The predicted octanol–water partition coefficient (Wildman–Crippen LogP) is 3.26. The monoisotopic (exact) mass is 275 g/mol. The lowest BCUT2D eigenvalue weighted by molar-refractivity contribution is 0.989. The van der Waals surface area contributed by atoms with Crippen LogP contribution in [0.15, 0.2) is 55.1 Å². The summed E-state index contributed by atoms with van der Waals surface area (Å²) in [6.45, 7) is 0. The maximum atomic E-state index is 4.71. The lowest BCUT2D eigenvalue weighted by Crippen LogP contribution is -1.96. The van der Waals surface area contributed by atoms with E-state index in [1.165, 1.54) is 0 Å². The van der Waals surface area contributed by atoms with Crippen LogP contribution in [0.1, 0.15) is 0 Å². The zero-order valence-corrected chi connectivity index (χ0v) is 11.5. The molecule has 0 radical (unpaired) electrons. The van der Waals surface area contributed by atoms with E-state index in [-0.39, 0.29) is 0 Å². The first-order valence-electron chi connectivity index (χ1n) is 6.69. The Labute approximate surface area is 121 Å². The van der Waals surface area contributed by atoms with Crippen LogP contribution in [0.5, 0.6) is 0 Å². The van der Waals surface area contributed by atoms with Gasteiger partial charge in [-0.25, -0.2) is 4.98 Å². The number of nitrogens with zero attached hydrogens (tertiary/aromatic N) is 4. The maximum absolute atomic E-state index is 4.71. The number of fused-ring (bicyclic) bond motifs is 3. The predicted molar refractivity (Wildman–Crippen MR) is 83.5 cm³/mol. The largest absolute Gasteiger partial charge is 0.340 e. The van der Waals surface area contributed by atoms with E-state index >= 15 is 0 Å². The topological polar surface area (TPSA) is 55.6 Å². The number of rotatable bonds is 2. The van der Waals surface area contributed by atoms with Crippen LogP contribution in [0.25, 0.3) is 21.9 Å². The van der Waals surface area contributed by atoms with E-state index in [4.69, 9.17) is 4.98 Å². The number of aryl methyl sites for hydroxylation is 1. The molecule has 0 saturated heterocycles. The SMILES string of the molecule is Cn1c2ccncc2c2ccc(Nc3ccncc3)nc21. The molecule has 0 aliphatic heterocycles. The van der Waals surface area contributed by atoms with Crippen LogP contribution in [-0.4, -0.2) is 19.5 Å². The second-order valence-corrected chi connectivity index (χ2v) is 4.88. The summed E-state index contributed by atoms with van der Waals surface area (Å²) < 4.78 is 2.09. The smallest absolute Gasteiger partial charge is 0.143 e. The molecular formula is C16H13N5. The molecule has 0 saturated carbocycles. The Balaban J connectivity index is 1.86. The van der Waals surface area contributed by atoms with Crippen molar-refractivity contribution in [2.24, 2.45) is 7.05 Å². The molecule has 4 rings (SSSR count). The summed E-state index contributed by atoms with van der Waals surface area (Å²) in [4.78, 5) is 12.9. The van der Waals surface area contributed by atoms with Gasteiger partial charge in [0.15, 0.2) is 0 Å². The van der Waals surface area contributed by atoms with Crippen molar-refractivity contribution in [2.45, 2.75) is 0 Å². The van der Waals surface area contributed by atoms with Crippen molar-refractivity contribution in [3.8, 4) is 0 Å². The highest BCUT2D eigenvalue weighted by Crippen LogP contribution is 2.27. The zero-order chi connectivity index (χ0) is 14.2. The number of hydrogen-bond donors (Lipinski definition) is 1. The number of anilines is 2. The normalized spacial score (nSPS) is 11.1. The highest BCUT2D eigenvalue weighted by Gasteiger charge is 2.09. The van der Waals surface area contributed by atoms with Gasteiger partial charge in [0.2, 0.25) is 0 Å². The van der Waals surface area contributed by atoms with E-state index < -0.39 is 0 Å². The summed E-state index contributed by atoms with van der Waals surface area (Å²) in [5.41, 5.74) is 3.04. The fourth-order valence-corrected chi connectivity index (χ4v) is 2.57. The van der Waals surface area contributed by atoms with E-state index in [9.17, 15) is 0 Å². The molecule has 5 nitrogen and oxygen atoms in total. The molecule has 4 aromatic rings. The Hall–Kier alpha value is -2.95. The number of nitrogens with one attached hydrogen (secondary N) is 1. The minimum absolute atomic E-state index is 0.813. The fraction of sp³-hybridized carbons (Fsp3) is 0.0625. The van der Waals surface area contributed by atoms with Crippen molar-refractivity contribution in [1.29, 1.82) is 0 Å². The highest BCUT2D eigenvalue weighted by molar-refractivity contribution is 6.06. The number of hydrogen-bond acceptors (Lipinski definition) is 4. The maximum Gasteiger partial charge on any atom is 0.143 e. The van der Waals surface area contributed by atoms with Gasteiger partial charge in [0.25, 0.3) is 0 Å². The molecule has 0 fully saturated rings. The highest BCUT2D eigenvalue weighted by atomic mass is 15.1. The molecule has 21 heavy (non-hydrogen) atoms. The van der Waals surface area contributed by atoms with Gasteiger partial charge in [-0.05, 0) is 30.3 Å². The first-order chi connectivity index (χ1) is 10.3. The third kappa shape index (κ3) is 1.90. The van der Waals surface area contributed by atoms with Crippen molar-refractivity contribution in [1.82, 2.24) is 19.5 Å². The lowest BCUT2D eigenvalue weighted by Gasteiger charge is -2.05. The minimum Gasteiger partial charge on any atom is -0.340 e. The van der Waals surface area contributed by atoms with E-state index in [2.05, 4.69) is 25.9 Å². The average Bonchev–Trinajstić information content (AvgIpc) is 2.82. The van der Waals surface area contributed by atoms with E-state index in [0.717, 1.165) is 33.4 Å². The third-order valence-corrected chi connectivity index (χ3v) is 3.60. The van der Waals surface area contributed by atoms with Crippen LogP contribution < -0.4 is 5.32 Å². The molecule has 0 aromatic carbocycles. The molecule has 0 bridgehead atoms. The summed E-state index contributed by atoms with van der Waals surface area (Å²) in [7, 11) is 2.02. The molecule has 4 aromatic heterocycles. The van der Waals surface area contributed by atoms with Gasteiger partial charge in [-0.2, -0.15) is 0 Å². The second-order valence-electron chi connectivity index (χ2n) is 4.88. The zero-order valence-electron chi connectivity index (χ0n) is 11.5.